The maximum absolute atomic E-state index is 5.69. The van der Waals surface area contributed by atoms with Gasteiger partial charge in [0.1, 0.15) is 17.9 Å². The molecule has 0 saturated heterocycles. The molecule has 0 unspecified atom stereocenters. The summed E-state index contributed by atoms with van der Waals surface area (Å²) in [5.41, 5.74) is 0.775. The Morgan fingerprint density at radius 1 is 1.04 bits per heavy atom. The van der Waals surface area contributed by atoms with E-state index >= 15 is 0 Å². The van der Waals surface area contributed by atoms with Crippen LogP contribution in [-0.2, 0) is 0 Å². The standard InChI is InChI=1S/C18H14N6O2/c1-2-4-12(5-3-1)25-15-7-6-11(9-19-15)16-22-18(26-24-16)14-8-13(14)17-20-10-21-23-17/h1-7,9-10,13-14H,8H2,(H,20,21,23)/t13-,14+/m0/s1. The highest BCUT2D eigenvalue weighted by atomic mass is 16.5. The number of nitrogens with zero attached hydrogens (tertiary/aromatic N) is 5. The number of para-hydroxylation sites is 1. The molecule has 8 heteroatoms. The van der Waals surface area contributed by atoms with E-state index in [2.05, 4.69) is 30.3 Å². The molecule has 3 aromatic heterocycles. The zero-order valence-electron chi connectivity index (χ0n) is 13.6. The quantitative estimate of drug-likeness (QED) is 0.591. The number of ether oxygens (including phenoxy) is 1. The monoisotopic (exact) mass is 346 g/mol. The Morgan fingerprint density at radius 3 is 2.73 bits per heavy atom. The molecule has 0 radical (unpaired) electrons. The first-order chi connectivity index (χ1) is 12.9. The summed E-state index contributed by atoms with van der Waals surface area (Å²) in [6.07, 6.45) is 4.11. The number of rotatable bonds is 5. The third kappa shape index (κ3) is 2.81. The number of aromatic amines is 1. The molecule has 2 atom stereocenters. The molecule has 5 rings (SSSR count). The van der Waals surface area contributed by atoms with E-state index in [0.29, 0.717) is 17.6 Å². The van der Waals surface area contributed by atoms with Gasteiger partial charge < -0.3 is 9.26 Å². The predicted molar refractivity (Wildman–Crippen MR) is 90.5 cm³/mol. The van der Waals surface area contributed by atoms with Crippen molar-refractivity contribution in [2.24, 2.45) is 0 Å². The van der Waals surface area contributed by atoms with E-state index in [1.165, 1.54) is 6.33 Å². The van der Waals surface area contributed by atoms with E-state index in [0.717, 1.165) is 23.6 Å². The molecule has 3 heterocycles. The Kier molecular flexibility index (Phi) is 3.45. The highest BCUT2D eigenvalue weighted by Crippen LogP contribution is 2.53. The van der Waals surface area contributed by atoms with Gasteiger partial charge in [-0.3, -0.25) is 5.10 Å². The summed E-state index contributed by atoms with van der Waals surface area (Å²) in [4.78, 5) is 13.0. The molecule has 4 aromatic rings. The molecule has 0 aliphatic heterocycles. The van der Waals surface area contributed by atoms with Crippen LogP contribution in [-0.4, -0.2) is 30.3 Å². The summed E-state index contributed by atoms with van der Waals surface area (Å²) in [6, 6.07) is 13.2. The largest absolute Gasteiger partial charge is 0.439 e. The second-order valence-electron chi connectivity index (χ2n) is 6.08. The normalized spacial score (nSPS) is 18.6. The van der Waals surface area contributed by atoms with Gasteiger partial charge in [-0.1, -0.05) is 23.4 Å². The smallest absolute Gasteiger partial charge is 0.230 e. The summed E-state index contributed by atoms with van der Waals surface area (Å²) in [6.45, 7) is 0. The number of hydrogen-bond acceptors (Lipinski definition) is 7. The first kappa shape index (κ1) is 14.8. The van der Waals surface area contributed by atoms with Crippen molar-refractivity contribution in [3.63, 3.8) is 0 Å². The van der Waals surface area contributed by atoms with Gasteiger partial charge in [-0.25, -0.2) is 9.97 Å². The lowest BCUT2D eigenvalue weighted by atomic mass is 10.2. The fourth-order valence-electron chi connectivity index (χ4n) is 2.85. The molecule has 1 N–H and O–H groups in total. The second-order valence-corrected chi connectivity index (χ2v) is 6.08. The minimum atomic E-state index is 0.192. The Balaban J connectivity index is 1.29. The summed E-state index contributed by atoms with van der Waals surface area (Å²) >= 11 is 0. The molecule has 0 spiro atoms. The van der Waals surface area contributed by atoms with Crippen LogP contribution in [0.3, 0.4) is 0 Å². The molecule has 8 nitrogen and oxygen atoms in total. The fraction of sp³-hybridized carbons (Fsp3) is 0.167. The number of aromatic nitrogens is 6. The van der Waals surface area contributed by atoms with Gasteiger partial charge in [-0.2, -0.15) is 10.1 Å². The molecule has 26 heavy (non-hydrogen) atoms. The Bertz CT molecular complexity index is 998. The molecule has 1 saturated carbocycles. The summed E-state index contributed by atoms with van der Waals surface area (Å²) < 4.78 is 11.1. The minimum absolute atomic E-state index is 0.192. The van der Waals surface area contributed by atoms with E-state index in [-0.39, 0.29) is 11.8 Å². The third-order valence-corrected chi connectivity index (χ3v) is 4.29. The molecule has 1 aliphatic rings. The molecule has 0 bridgehead atoms. The molecule has 1 aromatic carbocycles. The molecular formula is C18H14N6O2. The van der Waals surface area contributed by atoms with Crippen LogP contribution in [0.1, 0.15) is 30.0 Å². The van der Waals surface area contributed by atoms with Crippen molar-refractivity contribution >= 4 is 0 Å². The van der Waals surface area contributed by atoms with Crippen molar-refractivity contribution in [2.45, 2.75) is 18.3 Å². The lowest BCUT2D eigenvalue weighted by Crippen LogP contribution is -1.89. The van der Waals surface area contributed by atoms with Crippen LogP contribution < -0.4 is 4.74 Å². The van der Waals surface area contributed by atoms with E-state index in [1.54, 1.807) is 12.3 Å². The van der Waals surface area contributed by atoms with Crippen LogP contribution >= 0.6 is 0 Å². The van der Waals surface area contributed by atoms with Gasteiger partial charge in [-0.15, -0.1) is 0 Å². The number of hydrogen-bond donors (Lipinski definition) is 1. The fourth-order valence-corrected chi connectivity index (χ4v) is 2.85. The van der Waals surface area contributed by atoms with Crippen LogP contribution in [0.4, 0.5) is 0 Å². The van der Waals surface area contributed by atoms with Gasteiger partial charge in [0.15, 0.2) is 0 Å². The molecule has 1 fully saturated rings. The Hall–Kier alpha value is -3.55. The Morgan fingerprint density at radius 2 is 1.96 bits per heavy atom. The molecule has 1 aliphatic carbocycles. The summed E-state index contributed by atoms with van der Waals surface area (Å²) in [5.74, 6) is 3.70. The lowest BCUT2D eigenvalue weighted by Gasteiger charge is -2.04. The second kappa shape index (κ2) is 6.07. The van der Waals surface area contributed by atoms with Crippen LogP contribution in [0.15, 0.2) is 59.5 Å². The van der Waals surface area contributed by atoms with Gasteiger partial charge in [0.25, 0.3) is 0 Å². The highest BCUT2D eigenvalue weighted by Gasteiger charge is 2.45. The number of nitrogens with one attached hydrogen (secondary N) is 1. The number of H-pyrrole nitrogens is 1. The number of pyridine rings is 1. The topological polar surface area (TPSA) is 103 Å². The van der Waals surface area contributed by atoms with Gasteiger partial charge >= 0.3 is 0 Å². The number of benzene rings is 1. The molecule has 128 valence electrons. The van der Waals surface area contributed by atoms with Crippen LogP contribution in [0, 0.1) is 0 Å². The van der Waals surface area contributed by atoms with Crippen molar-refractivity contribution in [1.29, 1.82) is 0 Å². The van der Waals surface area contributed by atoms with Crippen LogP contribution in [0.25, 0.3) is 11.4 Å². The zero-order valence-corrected chi connectivity index (χ0v) is 13.6. The predicted octanol–water partition coefficient (Wildman–Crippen LogP) is 3.31. The van der Waals surface area contributed by atoms with E-state index in [1.807, 2.05) is 36.4 Å². The van der Waals surface area contributed by atoms with Crippen molar-refractivity contribution in [2.75, 3.05) is 0 Å². The van der Waals surface area contributed by atoms with Gasteiger partial charge in [0, 0.05) is 29.7 Å². The van der Waals surface area contributed by atoms with E-state index < -0.39 is 0 Å². The van der Waals surface area contributed by atoms with Gasteiger partial charge in [0.2, 0.25) is 17.6 Å². The first-order valence-electron chi connectivity index (χ1n) is 8.25. The lowest BCUT2D eigenvalue weighted by molar-refractivity contribution is 0.378. The first-order valence-corrected chi connectivity index (χ1v) is 8.25. The van der Waals surface area contributed by atoms with Crippen molar-refractivity contribution in [3.05, 3.63) is 66.7 Å². The van der Waals surface area contributed by atoms with Crippen molar-refractivity contribution in [1.82, 2.24) is 30.3 Å². The van der Waals surface area contributed by atoms with Crippen molar-refractivity contribution < 1.29 is 9.26 Å². The summed E-state index contributed by atoms with van der Waals surface area (Å²) in [7, 11) is 0. The average molecular weight is 346 g/mol. The van der Waals surface area contributed by atoms with Gasteiger partial charge in [-0.05, 0) is 24.6 Å². The van der Waals surface area contributed by atoms with E-state index in [4.69, 9.17) is 9.26 Å². The van der Waals surface area contributed by atoms with Crippen LogP contribution in [0.5, 0.6) is 11.6 Å². The van der Waals surface area contributed by atoms with Crippen LogP contribution in [0.2, 0.25) is 0 Å². The van der Waals surface area contributed by atoms with Gasteiger partial charge in [0.05, 0.1) is 0 Å². The van der Waals surface area contributed by atoms with Crippen molar-refractivity contribution in [3.8, 4) is 23.0 Å². The third-order valence-electron chi connectivity index (χ3n) is 4.29. The maximum atomic E-state index is 5.69. The molecule has 0 amide bonds. The average Bonchev–Trinajstić information content (AvgIpc) is 3.10. The summed E-state index contributed by atoms with van der Waals surface area (Å²) in [5, 5.41) is 10.8. The minimum Gasteiger partial charge on any atom is -0.439 e. The highest BCUT2D eigenvalue weighted by molar-refractivity contribution is 5.53. The SMILES string of the molecule is c1ccc(Oc2ccc(-c3noc([C@@H]4C[C@@H]4c4ncn[nH]4)n3)cn2)cc1. The Labute approximate surface area is 148 Å². The maximum Gasteiger partial charge on any atom is 0.230 e. The van der Waals surface area contributed by atoms with E-state index in [9.17, 15) is 0 Å². The molecular weight excluding hydrogens is 332 g/mol. The zero-order chi connectivity index (χ0) is 17.3.